The first kappa shape index (κ1) is 12.9. The molecule has 7 heteroatoms. The molecule has 0 saturated carbocycles. The van der Waals surface area contributed by atoms with Crippen LogP contribution in [0.3, 0.4) is 0 Å². The number of benzene rings is 1. The van der Waals surface area contributed by atoms with Crippen LogP contribution in [-0.4, -0.2) is 38.9 Å². The standard InChI is InChI=1S/C13H13N5OS/c1-14-10(19)6-7-20-13-16-12-11(17-18-13)8-4-2-3-5-9(8)15-12/h2-5H,6-7H2,1H3,(H,14,19)(H,15,16,18). The van der Waals surface area contributed by atoms with Crippen molar-refractivity contribution in [3.05, 3.63) is 24.3 Å². The molecule has 2 N–H and O–H groups in total. The molecule has 0 atom stereocenters. The van der Waals surface area contributed by atoms with Gasteiger partial charge in [-0.3, -0.25) is 4.79 Å². The van der Waals surface area contributed by atoms with Gasteiger partial charge in [0.1, 0.15) is 5.52 Å². The summed E-state index contributed by atoms with van der Waals surface area (Å²) in [5.41, 5.74) is 2.50. The quantitative estimate of drug-likeness (QED) is 0.714. The fourth-order valence-corrected chi connectivity index (χ4v) is 2.65. The van der Waals surface area contributed by atoms with Crippen LogP contribution in [0.5, 0.6) is 0 Å². The van der Waals surface area contributed by atoms with Crippen LogP contribution in [0.25, 0.3) is 22.1 Å². The summed E-state index contributed by atoms with van der Waals surface area (Å²) in [5.74, 6) is 0.643. The molecule has 2 aromatic heterocycles. The minimum absolute atomic E-state index is 0.0112. The van der Waals surface area contributed by atoms with Gasteiger partial charge in [0.25, 0.3) is 0 Å². The van der Waals surface area contributed by atoms with E-state index in [9.17, 15) is 4.79 Å². The largest absolute Gasteiger partial charge is 0.359 e. The molecule has 1 amide bonds. The molecular weight excluding hydrogens is 274 g/mol. The van der Waals surface area contributed by atoms with Crippen LogP contribution < -0.4 is 5.32 Å². The highest BCUT2D eigenvalue weighted by Crippen LogP contribution is 2.23. The third-order valence-corrected chi connectivity index (χ3v) is 3.78. The predicted octanol–water partition coefficient (Wildman–Crippen LogP) is 1.73. The molecule has 1 aromatic carbocycles. The minimum atomic E-state index is 0.0112. The van der Waals surface area contributed by atoms with E-state index in [2.05, 4.69) is 25.5 Å². The Hall–Kier alpha value is -2.15. The zero-order valence-electron chi connectivity index (χ0n) is 10.9. The topological polar surface area (TPSA) is 83.6 Å². The Labute approximate surface area is 119 Å². The van der Waals surface area contributed by atoms with Gasteiger partial charge in [0.2, 0.25) is 11.1 Å². The monoisotopic (exact) mass is 287 g/mol. The number of carbonyl (C=O) groups excluding carboxylic acids is 1. The van der Waals surface area contributed by atoms with Gasteiger partial charge in [-0.05, 0) is 6.07 Å². The number of nitrogens with one attached hydrogen (secondary N) is 2. The van der Waals surface area contributed by atoms with Gasteiger partial charge in [-0.2, -0.15) is 0 Å². The summed E-state index contributed by atoms with van der Waals surface area (Å²) in [6.07, 6.45) is 0.440. The van der Waals surface area contributed by atoms with Crippen molar-refractivity contribution in [2.75, 3.05) is 12.8 Å². The Morgan fingerprint density at radius 2 is 2.20 bits per heavy atom. The van der Waals surface area contributed by atoms with Crippen molar-refractivity contribution in [2.45, 2.75) is 11.6 Å². The second-order valence-electron chi connectivity index (χ2n) is 4.23. The van der Waals surface area contributed by atoms with E-state index in [0.29, 0.717) is 17.3 Å². The molecule has 0 bridgehead atoms. The Balaban J connectivity index is 1.84. The summed E-state index contributed by atoms with van der Waals surface area (Å²) in [6.45, 7) is 0. The lowest BCUT2D eigenvalue weighted by Crippen LogP contribution is -2.17. The lowest BCUT2D eigenvalue weighted by Gasteiger charge is -1.99. The smallest absolute Gasteiger partial charge is 0.220 e. The number of amides is 1. The summed E-state index contributed by atoms with van der Waals surface area (Å²) in [5, 5.41) is 12.5. The Morgan fingerprint density at radius 3 is 3.05 bits per heavy atom. The molecule has 0 radical (unpaired) electrons. The first-order chi connectivity index (χ1) is 9.78. The second-order valence-corrected chi connectivity index (χ2v) is 5.30. The molecule has 0 aliphatic rings. The van der Waals surface area contributed by atoms with Crippen LogP contribution in [0.4, 0.5) is 0 Å². The van der Waals surface area contributed by atoms with E-state index in [1.807, 2.05) is 24.3 Å². The van der Waals surface area contributed by atoms with Crippen LogP contribution in [0.2, 0.25) is 0 Å². The van der Waals surface area contributed by atoms with Gasteiger partial charge >= 0.3 is 0 Å². The number of rotatable bonds is 4. The highest BCUT2D eigenvalue weighted by atomic mass is 32.2. The molecule has 0 fully saturated rings. The number of hydrogen-bond donors (Lipinski definition) is 2. The van der Waals surface area contributed by atoms with Crippen molar-refractivity contribution in [3.63, 3.8) is 0 Å². The van der Waals surface area contributed by atoms with E-state index in [-0.39, 0.29) is 5.91 Å². The zero-order chi connectivity index (χ0) is 13.9. The number of para-hydroxylation sites is 1. The first-order valence-electron chi connectivity index (χ1n) is 6.22. The van der Waals surface area contributed by atoms with Crippen molar-refractivity contribution in [2.24, 2.45) is 0 Å². The number of carbonyl (C=O) groups is 1. The van der Waals surface area contributed by atoms with Crippen LogP contribution in [-0.2, 0) is 4.79 Å². The maximum absolute atomic E-state index is 11.1. The zero-order valence-corrected chi connectivity index (χ0v) is 11.7. The molecule has 102 valence electrons. The number of aromatic amines is 1. The number of fused-ring (bicyclic) bond motifs is 3. The lowest BCUT2D eigenvalue weighted by atomic mass is 10.2. The number of H-pyrrole nitrogens is 1. The maximum atomic E-state index is 11.1. The SMILES string of the molecule is CNC(=O)CCSc1nnc2c(n1)[nH]c1ccccc12. The molecular formula is C13H13N5OS. The van der Waals surface area contributed by atoms with Gasteiger partial charge < -0.3 is 10.3 Å². The van der Waals surface area contributed by atoms with E-state index in [4.69, 9.17) is 0 Å². The van der Waals surface area contributed by atoms with Crippen molar-refractivity contribution in [1.29, 1.82) is 0 Å². The lowest BCUT2D eigenvalue weighted by molar-refractivity contribution is -0.120. The third-order valence-electron chi connectivity index (χ3n) is 2.94. The summed E-state index contributed by atoms with van der Waals surface area (Å²) in [7, 11) is 1.63. The first-order valence-corrected chi connectivity index (χ1v) is 7.21. The van der Waals surface area contributed by atoms with E-state index >= 15 is 0 Å². The molecule has 0 spiro atoms. The highest BCUT2D eigenvalue weighted by Gasteiger charge is 2.09. The molecule has 0 unspecified atom stereocenters. The molecule has 2 heterocycles. The van der Waals surface area contributed by atoms with Crippen LogP contribution >= 0.6 is 11.8 Å². The average Bonchev–Trinajstić information content (AvgIpc) is 2.84. The summed E-state index contributed by atoms with van der Waals surface area (Å²) >= 11 is 1.42. The normalized spacial score (nSPS) is 11.1. The highest BCUT2D eigenvalue weighted by molar-refractivity contribution is 7.99. The van der Waals surface area contributed by atoms with Crippen molar-refractivity contribution in [1.82, 2.24) is 25.5 Å². The van der Waals surface area contributed by atoms with Gasteiger partial charge in [0, 0.05) is 30.1 Å². The number of thioether (sulfide) groups is 1. The van der Waals surface area contributed by atoms with Crippen LogP contribution in [0.15, 0.2) is 29.4 Å². The van der Waals surface area contributed by atoms with Gasteiger partial charge in [0.15, 0.2) is 5.65 Å². The van der Waals surface area contributed by atoms with Gasteiger partial charge in [0.05, 0.1) is 0 Å². The van der Waals surface area contributed by atoms with Gasteiger partial charge in [-0.15, -0.1) is 10.2 Å². The van der Waals surface area contributed by atoms with Crippen molar-refractivity contribution in [3.8, 4) is 0 Å². The number of aromatic nitrogens is 4. The molecule has 0 saturated heterocycles. The van der Waals surface area contributed by atoms with Gasteiger partial charge in [-0.1, -0.05) is 30.0 Å². The van der Waals surface area contributed by atoms with Gasteiger partial charge in [-0.25, -0.2) is 4.98 Å². The summed E-state index contributed by atoms with van der Waals surface area (Å²) in [6, 6.07) is 7.90. The number of nitrogens with zero attached hydrogens (tertiary/aromatic N) is 3. The Kier molecular flexibility index (Phi) is 3.51. The fourth-order valence-electron chi connectivity index (χ4n) is 1.93. The summed E-state index contributed by atoms with van der Waals surface area (Å²) < 4.78 is 0. The second kappa shape index (κ2) is 5.46. The molecule has 3 rings (SSSR count). The molecule has 0 aliphatic carbocycles. The molecule has 0 aliphatic heterocycles. The Morgan fingerprint density at radius 1 is 1.35 bits per heavy atom. The van der Waals surface area contributed by atoms with Crippen LogP contribution in [0.1, 0.15) is 6.42 Å². The van der Waals surface area contributed by atoms with Crippen molar-refractivity contribution >= 4 is 39.7 Å². The van der Waals surface area contributed by atoms with E-state index in [1.165, 1.54) is 11.8 Å². The third kappa shape index (κ3) is 2.44. The Bertz CT molecular complexity index is 770. The average molecular weight is 287 g/mol. The predicted molar refractivity (Wildman–Crippen MR) is 78.6 cm³/mol. The van der Waals surface area contributed by atoms with Crippen molar-refractivity contribution < 1.29 is 4.79 Å². The van der Waals surface area contributed by atoms with E-state index < -0.39 is 0 Å². The molecule has 6 nitrogen and oxygen atoms in total. The van der Waals surface area contributed by atoms with E-state index in [1.54, 1.807) is 7.05 Å². The maximum Gasteiger partial charge on any atom is 0.220 e. The van der Waals surface area contributed by atoms with Crippen LogP contribution in [0, 0.1) is 0 Å². The molecule has 20 heavy (non-hydrogen) atoms. The summed E-state index contributed by atoms with van der Waals surface area (Å²) in [4.78, 5) is 18.8. The molecule has 3 aromatic rings. The van der Waals surface area contributed by atoms with E-state index in [0.717, 1.165) is 22.1 Å². The fraction of sp³-hybridized carbons (Fsp3) is 0.231. The minimum Gasteiger partial charge on any atom is -0.359 e. The number of hydrogen-bond acceptors (Lipinski definition) is 5.